The topological polar surface area (TPSA) is 92.3 Å². The number of amides is 2. The molecule has 0 aliphatic heterocycles. The maximum Gasteiger partial charge on any atom is 0.264 e. The van der Waals surface area contributed by atoms with Gasteiger partial charge in [-0.1, -0.05) is 47.7 Å². The molecule has 200 valence electrons. The van der Waals surface area contributed by atoms with Crippen molar-refractivity contribution in [1.82, 2.24) is 15.6 Å². The van der Waals surface area contributed by atoms with Crippen molar-refractivity contribution in [3.05, 3.63) is 94.1 Å². The lowest BCUT2D eigenvalue weighted by Crippen LogP contribution is -2.25. The molecule has 1 saturated carbocycles. The van der Waals surface area contributed by atoms with Crippen LogP contribution in [0.4, 0.5) is 15.2 Å². The van der Waals surface area contributed by atoms with E-state index < -0.39 is 5.82 Å². The first kappa shape index (κ1) is 26.4. The zero-order valence-electron chi connectivity index (χ0n) is 21.7. The van der Waals surface area contributed by atoms with Gasteiger partial charge in [-0.3, -0.25) is 9.59 Å². The minimum atomic E-state index is -0.530. The van der Waals surface area contributed by atoms with Crippen LogP contribution in [0.1, 0.15) is 50.9 Å². The summed E-state index contributed by atoms with van der Waals surface area (Å²) in [6, 6.07) is 19.8. The molecule has 1 heterocycles. The Kier molecular flexibility index (Phi) is 7.88. The Hall–Kier alpha value is -4.24. The molecular formula is C30H29FN4O3S. The smallest absolute Gasteiger partial charge is 0.264 e. The van der Waals surface area contributed by atoms with Crippen LogP contribution in [-0.4, -0.2) is 29.4 Å². The van der Waals surface area contributed by atoms with Crippen molar-refractivity contribution in [3.8, 4) is 17.0 Å². The van der Waals surface area contributed by atoms with Crippen molar-refractivity contribution in [2.75, 3.05) is 11.9 Å². The van der Waals surface area contributed by atoms with Crippen molar-refractivity contribution in [2.24, 2.45) is 0 Å². The van der Waals surface area contributed by atoms with Crippen LogP contribution in [0.5, 0.6) is 5.75 Å². The van der Waals surface area contributed by atoms with E-state index in [1.54, 1.807) is 31.2 Å². The molecule has 9 heteroatoms. The number of rotatable bonds is 10. The van der Waals surface area contributed by atoms with Crippen LogP contribution < -0.4 is 20.7 Å². The van der Waals surface area contributed by atoms with Crippen LogP contribution in [0.3, 0.4) is 0 Å². The average Bonchev–Trinajstić information content (AvgIpc) is 3.66. The molecule has 0 atom stereocenters. The third-order valence-corrected chi connectivity index (χ3v) is 7.26. The Bertz CT molecular complexity index is 1500. The third-order valence-electron chi connectivity index (χ3n) is 6.29. The number of ether oxygens (including phenoxy) is 1. The van der Waals surface area contributed by atoms with E-state index in [0.717, 1.165) is 24.0 Å². The van der Waals surface area contributed by atoms with Gasteiger partial charge in [-0.2, -0.15) is 0 Å². The number of carbonyl (C=O) groups excluding carboxylic acids is 2. The molecule has 2 amide bonds. The van der Waals surface area contributed by atoms with Crippen LogP contribution in [0.2, 0.25) is 0 Å². The molecule has 7 nitrogen and oxygen atoms in total. The van der Waals surface area contributed by atoms with Crippen molar-refractivity contribution in [2.45, 2.75) is 39.3 Å². The molecule has 0 bridgehead atoms. The van der Waals surface area contributed by atoms with E-state index in [0.29, 0.717) is 45.7 Å². The van der Waals surface area contributed by atoms with E-state index in [1.165, 1.54) is 17.4 Å². The standard InChI is InChI=1S/C30H29FN4O3S/c1-3-38-25-14-11-20(15-23(25)31)26-27(29(37)32-17-19-7-5-4-6-8-19)39-30(35-26)34-24-16-21(10-9-18(24)2)28(36)33-22-12-13-22/h4-11,14-16,22H,3,12-13,17H2,1-2H3,(H,32,37)(H,33,36)(H,34,35). The second-order valence-corrected chi connectivity index (χ2v) is 10.3. The molecule has 1 aliphatic carbocycles. The van der Waals surface area contributed by atoms with E-state index in [9.17, 15) is 14.0 Å². The zero-order chi connectivity index (χ0) is 27.4. The maximum atomic E-state index is 14.7. The number of benzene rings is 3. The number of thiazole rings is 1. The molecule has 4 aromatic rings. The van der Waals surface area contributed by atoms with Gasteiger partial charge in [-0.15, -0.1) is 0 Å². The van der Waals surface area contributed by atoms with Gasteiger partial charge in [-0.05, 0) is 68.1 Å². The maximum absolute atomic E-state index is 14.7. The summed E-state index contributed by atoms with van der Waals surface area (Å²) < 4.78 is 20.1. The summed E-state index contributed by atoms with van der Waals surface area (Å²) in [7, 11) is 0. The van der Waals surface area contributed by atoms with Crippen molar-refractivity contribution in [3.63, 3.8) is 0 Å². The van der Waals surface area contributed by atoms with Gasteiger partial charge in [0.25, 0.3) is 11.8 Å². The van der Waals surface area contributed by atoms with E-state index in [-0.39, 0.29) is 23.6 Å². The molecule has 3 N–H and O–H groups in total. The Morgan fingerprint density at radius 3 is 2.56 bits per heavy atom. The molecular weight excluding hydrogens is 515 g/mol. The van der Waals surface area contributed by atoms with Gasteiger partial charge in [0.2, 0.25) is 0 Å². The number of hydrogen-bond donors (Lipinski definition) is 3. The number of aryl methyl sites for hydroxylation is 1. The molecule has 0 spiro atoms. The van der Waals surface area contributed by atoms with Crippen molar-refractivity contribution < 1.29 is 18.7 Å². The molecule has 0 unspecified atom stereocenters. The zero-order valence-corrected chi connectivity index (χ0v) is 22.5. The van der Waals surface area contributed by atoms with Gasteiger partial charge in [0, 0.05) is 29.4 Å². The van der Waals surface area contributed by atoms with Gasteiger partial charge in [0.1, 0.15) is 4.88 Å². The molecule has 39 heavy (non-hydrogen) atoms. The summed E-state index contributed by atoms with van der Waals surface area (Å²) in [4.78, 5) is 30.9. The number of carbonyl (C=O) groups is 2. The van der Waals surface area contributed by atoms with Gasteiger partial charge >= 0.3 is 0 Å². The highest BCUT2D eigenvalue weighted by molar-refractivity contribution is 7.18. The number of halogens is 1. The molecule has 1 aromatic heterocycles. The van der Waals surface area contributed by atoms with E-state index in [2.05, 4.69) is 20.9 Å². The number of aromatic nitrogens is 1. The van der Waals surface area contributed by atoms with Crippen LogP contribution in [-0.2, 0) is 6.54 Å². The average molecular weight is 545 g/mol. The predicted molar refractivity (Wildman–Crippen MR) is 151 cm³/mol. The summed E-state index contributed by atoms with van der Waals surface area (Å²) in [5, 5.41) is 9.66. The molecule has 1 fully saturated rings. The van der Waals surface area contributed by atoms with E-state index in [1.807, 2.05) is 43.3 Å². The lowest BCUT2D eigenvalue weighted by atomic mass is 10.1. The largest absolute Gasteiger partial charge is 0.491 e. The first-order chi connectivity index (χ1) is 18.9. The van der Waals surface area contributed by atoms with Crippen LogP contribution in [0.15, 0.2) is 66.7 Å². The van der Waals surface area contributed by atoms with Gasteiger partial charge < -0.3 is 20.7 Å². The quantitative estimate of drug-likeness (QED) is 0.220. The Morgan fingerprint density at radius 2 is 1.85 bits per heavy atom. The monoisotopic (exact) mass is 544 g/mol. The lowest BCUT2D eigenvalue weighted by molar-refractivity contribution is 0.0944. The van der Waals surface area contributed by atoms with Crippen LogP contribution >= 0.6 is 11.3 Å². The molecule has 1 aliphatic rings. The van der Waals surface area contributed by atoms with E-state index in [4.69, 9.17) is 4.74 Å². The van der Waals surface area contributed by atoms with Gasteiger partial charge in [0.15, 0.2) is 16.7 Å². The normalized spacial score (nSPS) is 12.6. The summed E-state index contributed by atoms with van der Waals surface area (Å²) in [5.41, 5.74) is 3.93. The number of nitrogens with zero attached hydrogens (tertiary/aromatic N) is 1. The Morgan fingerprint density at radius 1 is 1.05 bits per heavy atom. The highest BCUT2D eigenvalue weighted by atomic mass is 32.1. The molecule has 5 rings (SSSR count). The fourth-order valence-corrected chi connectivity index (χ4v) is 4.93. The van der Waals surface area contributed by atoms with E-state index >= 15 is 0 Å². The summed E-state index contributed by atoms with van der Waals surface area (Å²) in [6.07, 6.45) is 2.01. The lowest BCUT2D eigenvalue weighted by Gasteiger charge is -2.10. The fourth-order valence-electron chi connectivity index (χ4n) is 4.01. The number of nitrogens with one attached hydrogen (secondary N) is 3. The SMILES string of the molecule is CCOc1ccc(-c2nc(Nc3cc(C(=O)NC4CC4)ccc3C)sc2C(=O)NCc2ccccc2)cc1F. The van der Waals surface area contributed by atoms with Crippen molar-refractivity contribution in [1.29, 1.82) is 0 Å². The number of anilines is 2. The van der Waals surface area contributed by atoms with Crippen LogP contribution in [0.25, 0.3) is 11.3 Å². The first-order valence-corrected chi connectivity index (χ1v) is 13.7. The molecule has 0 radical (unpaired) electrons. The van der Waals surface area contributed by atoms with Crippen molar-refractivity contribution >= 4 is 34.0 Å². The summed E-state index contributed by atoms with van der Waals surface area (Å²) in [5.74, 6) is -0.825. The summed E-state index contributed by atoms with van der Waals surface area (Å²) in [6.45, 7) is 4.39. The highest BCUT2D eigenvalue weighted by Crippen LogP contribution is 2.35. The second-order valence-electron chi connectivity index (χ2n) is 9.35. The van der Waals surface area contributed by atoms with Gasteiger partial charge in [0.05, 0.1) is 12.3 Å². The fraction of sp³-hybridized carbons (Fsp3) is 0.233. The predicted octanol–water partition coefficient (Wildman–Crippen LogP) is 6.22. The Balaban J connectivity index is 1.45. The highest BCUT2D eigenvalue weighted by Gasteiger charge is 2.24. The minimum absolute atomic E-state index is 0.119. The molecule has 3 aromatic carbocycles. The Labute approximate surface area is 230 Å². The third kappa shape index (κ3) is 6.43. The minimum Gasteiger partial charge on any atom is -0.491 e. The van der Waals surface area contributed by atoms with Crippen LogP contribution in [0, 0.1) is 12.7 Å². The van der Waals surface area contributed by atoms with Gasteiger partial charge in [-0.25, -0.2) is 9.37 Å². The summed E-state index contributed by atoms with van der Waals surface area (Å²) >= 11 is 1.17. The second kappa shape index (κ2) is 11.7. The number of hydrogen-bond acceptors (Lipinski definition) is 6. The molecule has 0 saturated heterocycles. The first-order valence-electron chi connectivity index (χ1n) is 12.9.